The van der Waals surface area contributed by atoms with Crippen LogP contribution < -0.4 is 97.0 Å². The zero-order valence-corrected chi connectivity index (χ0v) is 74.9. The van der Waals surface area contributed by atoms with Gasteiger partial charge in [-0.3, -0.25) is 111 Å². The minimum absolute atomic E-state index is 0.0641. The Morgan fingerprint density at radius 3 is 1.43 bits per heavy atom. The number of aliphatic hydroxyl groups is 1. The highest BCUT2D eigenvalue weighted by atomic mass is 31.2. The van der Waals surface area contributed by atoms with E-state index in [9.17, 15) is 117 Å². The number of hydrogen-bond acceptors (Lipinski definition) is 28. The van der Waals surface area contributed by atoms with Crippen molar-refractivity contribution >= 4 is 126 Å². The number of benzene rings is 3. The molecule has 0 saturated carbocycles. The maximum atomic E-state index is 15.2. The number of carbonyl (C=O) groups excluding carboxylic acids is 16. The Balaban J connectivity index is 1.49. The number of aliphatic hydroxyl groups excluding tert-OH is 1. The number of imidazole rings is 1. The molecule has 28 N–H and O–H groups in total. The van der Waals surface area contributed by atoms with Gasteiger partial charge in [0.25, 0.3) is 5.69 Å². The summed E-state index contributed by atoms with van der Waals surface area (Å²) < 4.78 is 24.1. The first-order valence-corrected chi connectivity index (χ1v) is 44.3. The minimum atomic E-state index is -5.15. The molecule has 4 aromatic rings. The van der Waals surface area contributed by atoms with Gasteiger partial charge in [0.2, 0.25) is 94.5 Å². The molecule has 1 aromatic heterocycles. The van der Waals surface area contributed by atoms with Gasteiger partial charge >= 0.3 is 25.7 Å². The Hall–Kier alpha value is -14.0. The van der Waals surface area contributed by atoms with Crippen LogP contribution in [0.3, 0.4) is 0 Å². The zero-order valence-electron chi connectivity index (χ0n) is 74.0. The third-order valence-corrected chi connectivity index (χ3v) is 21.9. The number of hydrogen-bond donors (Lipinski definition) is 23. The smallest absolute Gasteiger partial charge is 0.481 e. The van der Waals surface area contributed by atoms with E-state index in [0.717, 1.165) is 30.0 Å². The van der Waals surface area contributed by atoms with Gasteiger partial charge in [-0.1, -0.05) is 68.4 Å². The lowest BCUT2D eigenvalue weighted by atomic mass is 9.99. The molecular weight excluding hydrogens is 1790 g/mol. The topological polar surface area (TPSA) is 811 Å². The van der Waals surface area contributed by atoms with Gasteiger partial charge in [0, 0.05) is 70.7 Å². The lowest BCUT2D eigenvalue weighted by molar-refractivity contribution is -0.386. The van der Waals surface area contributed by atoms with Crippen molar-refractivity contribution in [2.24, 2.45) is 34.6 Å². The van der Waals surface area contributed by atoms with E-state index in [1.165, 1.54) is 63.6 Å². The Bertz CT molecular complexity index is 4820. The molecule has 15 atom stereocenters. The molecular formula is C83H118N21O29P. The number of nitro benzene ring substituents is 1. The lowest BCUT2D eigenvalue weighted by Crippen LogP contribution is -2.62. The Kier molecular flexibility index (Phi) is 45.7. The van der Waals surface area contributed by atoms with Crippen LogP contribution in [-0.2, 0) is 119 Å². The number of nitrogens with two attached hydrogens (primary N) is 5. The number of para-hydroxylation sites is 1. The summed E-state index contributed by atoms with van der Waals surface area (Å²) in [6, 6.07) is -4.44. The van der Waals surface area contributed by atoms with E-state index in [-0.39, 0.29) is 80.7 Å². The highest BCUT2D eigenvalue weighted by Gasteiger charge is 2.43. The average Bonchev–Trinajstić information content (AvgIpc) is 1.65. The first-order valence-electron chi connectivity index (χ1n) is 42.8. The van der Waals surface area contributed by atoms with Gasteiger partial charge in [0.1, 0.15) is 84.3 Å². The second-order valence-corrected chi connectivity index (χ2v) is 33.2. The number of likely N-dealkylation sites (tertiary alicyclic amines) is 1. The maximum Gasteiger partial charge on any atom is 0.528 e. The molecule has 1 aliphatic rings. The number of carboxylic acid groups (broad SMARTS) is 3. The number of nitro groups is 1. The number of aliphatic carboxylic acids is 3. The summed E-state index contributed by atoms with van der Waals surface area (Å²) in [7, 11) is -5.15. The number of aromatic amines is 1. The van der Waals surface area contributed by atoms with Crippen molar-refractivity contribution in [1.29, 1.82) is 0 Å². The summed E-state index contributed by atoms with van der Waals surface area (Å²) in [5, 5.41) is 80.5. The van der Waals surface area contributed by atoms with E-state index in [1.54, 1.807) is 30.3 Å². The van der Waals surface area contributed by atoms with Crippen LogP contribution in [0.2, 0.25) is 0 Å². The molecule has 2 unspecified atom stereocenters. The number of rotatable bonds is 61. The summed E-state index contributed by atoms with van der Waals surface area (Å²) in [5.74, 6) is -23.2. The van der Waals surface area contributed by atoms with E-state index in [0.29, 0.717) is 24.8 Å². The number of nitrogens with zero attached hydrogens (tertiary/aromatic N) is 3. The second-order valence-electron chi connectivity index (χ2n) is 31.8. The molecule has 0 spiro atoms. The van der Waals surface area contributed by atoms with Gasteiger partial charge in [-0.25, -0.2) is 9.55 Å². The minimum Gasteiger partial charge on any atom is -0.481 e. The monoisotopic (exact) mass is 1900 g/mol. The van der Waals surface area contributed by atoms with Crippen molar-refractivity contribution in [1.82, 2.24) is 78.7 Å². The summed E-state index contributed by atoms with van der Waals surface area (Å²) >= 11 is 0. The fourth-order valence-electron chi connectivity index (χ4n) is 14.0. The van der Waals surface area contributed by atoms with E-state index in [1.807, 2.05) is 0 Å². The van der Waals surface area contributed by atoms with Crippen LogP contribution in [0.15, 0.2) is 91.4 Å². The second kappa shape index (κ2) is 55.4. The SMILES string of the molecule is CC(=O)N[C@@H](CCC(=O)O)C(=O)N[C@@H](CCC(=O)O)C(=O)N[C@@H](CCC(=O)O)C(=O)N[C@@H](Cc1c[nH]cn1)C(=O)N[C@H](C(=O)N[C@@H](Cc1ccc(OP(=O)(O)OC(C)c2ccccc2[N+](=O)[O-])cc1)C(=O)N[C@@H](CO)C(=O)N[C@@H](Cc1ccccc1)C(=O)N1CCC[C@H]1C(=O)N[C@@H](CC(N)=O)C(=O)N[C@@H](CCCCN)C(=O)N[C@@H](CCC(N)=O)C(=O)N[C@@H](CCCCN)C(N)=O)C(C)C. The molecule has 734 valence electrons. The molecule has 0 bridgehead atoms. The van der Waals surface area contributed by atoms with Crippen molar-refractivity contribution in [2.45, 2.75) is 241 Å². The summed E-state index contributed by atoms with van der Waals surface area (Å²) in [6.45, 7) is 4.04. The standard InChI is InChI=1S/C83H118N21O29P/c1-44(2)70(102-79(123)59(39-49-41-89-43-90-49)97-76(120)57(29-33-69(113)114)96-75(119)56(28-32-68(111)112)95-73(117)54(91-46(4)106)27-31-67(109)110)82(126)99-58(37-48-22-24-50(25-23-48)133-134(130,131)132-45(3)51-17-8-9-20-63(51)104(128)129)77(121)101-62(42-105)80(124)100-61(38-47-15-6-5-7-16-47)83(127)103-36-14-21-64(103)81(125)98-60(40-66(87)108)78(122)93-53(19-11-13-35-85)72(116)94-55(26-30-65(86)107)74(118)92-52(71(88)115)18-10-12-34-84/h5-9,15-17,20,22-25,41,43-45,52-62,64,70,105H,10-14,18-19,21,26-40,42,84-85H2,1-4H3,(H2,86,107)(H2,87,108)(H2,88,115)(H,89,90)(H,91,106)(H,92,118)(H,93,122)(H,94,116)(H,95,117)(H,96,119)(H,97,120)(H,98,125)(H,99,126)(H,100,124)(H,101,121)(H,102,123)(H,109,110)(H,111,112)(H,113,114)(H,130,131)/t45?,52-,53-,54-,55-,56-,57-,58-,59-,60-,61-,62-,64-,70-/m0/s1. The molecule has 0 aliphatic carbocycles. The number of carboxylic acids is 3. The molecule has 5 rings (SSSR count). The molecule has 1 saturated heterocycles. The van der Waals surface area contributed by atoms with Crippen molar-refractivity contribution < 1.29 is 135 Å². The first-order chi connectivity index (χ1) is 63.3. The van der Waals surface area contributed by atoms with Gasteiger partial charge in [-0.15, -0.1) is 0 Å². The maximum absolute atomic E-state index is 15.2. The summed E-state index contributed by atoms with van der Waals surface area (Å²) in [6.07, 6.45) is -5.21. The Morgan fingerprint density at radius 2 is 0.948 bits per heavy atom. The van der Waals surface area contributed by atoms with Gasteiger partial charge < -0.3 is 127 Å². The van der Waals surface area contributed by atoms with E-state index in [4.69, 9.17) is 37.7 Å². The predicted molar refractivity (Wildman–Crippen MR) is 469 cm³/mol. The fraction of sp³-hybridized carbons (Fsp3) is 0.518. The summed E-state index contributed by atoms with van der Waals surface area (Å²) in [5.41, 5.74) is 28.0. The molecule has 50 nitrogen and oxygen atoms in total. The van der Waals surface area contributed by atoms with Crippen molar-refractivity contribution in [3.63, 3.8) is 0 Å². The number of carbonyl (C=O) groups is 19. The van der Waals surface area contributed by atoms with Crippen LogP contribution in [0.25, 0.3) is 0 Å². The highest BCUT2D eigenvalue weighted by Crippen LogP contribution is 2.49. The van der Waals surface area contributed by atoms with E-state index >= 15 is 14.4 Å². The van der Waals surface area contributed by atoms with Crippen molar-refractivity contribution in [3.05, 3.63) is 124 Å². The number of aromatic nitrogens is 2. The van der Waals surface area contributed by atoms with Crippen LogP contribution in [0, 0.1) is 16.0 Å². The van der Waals surface area contributed by atoms with Gasteiger partial charge in [0.05, 0.1) is 41.6 Å². The predicted octanol–water partition coefficient (Wildman–Crippen LogP) is -4.44. The van der Waals surface area contributed by atoms with Crippen molar-refractivity contribution in [2.75, 3.05) is 26.2 Å². The Labute approximate surface area is 767 Å². The molecule has 0 radical (unpaired) electrons. The number of nitrogens with one attached hydrogen (secondary N) is 13. The number of primary amides is 3. The van der Waals surface area contributed by atoms with Gasteiger partial charge in [-0.05, 0) is 132 Å². The third-order valence-electron chi connectivity index (χ3n) is 20.9. The van der Waals surface area contributed by atoms with Gasteiger partial charge in [0.15, 0.2) is 0 Å². The quantitative estimate of drug-likeness (QED) is 0.00858. The van der Waals surface area contributed by atoms with Crippen LogP contribution in [0.4, 0.5) is 5.69 Å². The van der Waals surface area contributed by atoms with Crippen LogP contribution in [-0.4, -0.2) is 262 Å². The normalized spacial score (nSPS) is 15.6. The van der Waals surface area contributed by atoms with E-state index in [2.05, 4.69) is 73.8 Å². The number of amides is 16. The molecule has 134 heavy (non-hydrogen) atoms. The fourth-order valence-corrected chi connectivity index (χ4v) is 14.9. The zero-order chi connectivity index (χ0) is 99.6. The number of H-pyrrole nitrogens is 1. The highest BCUT2D eigenvalue weighted by molar-refractivity contribution is 7.47. The molecule has 51 heteroatoms. The van der Waals surface area contributed by atoms with Crippen LogP contribution in [0.5, 0.6) is 5.75 Å². The largest absolute Gasteiger partial charge is 0.528 e. The van der Waals surface area contributed by atoms with E-state index < -0.39 is 299 Å². The molecule has 1 aliphatic heterocycles. The van der Waals surface area contributed by atoms with Gasteiger partial charge in [-0.2, -0.15) is 0 Å². The number of unbranched alkanes of at least 4 members (excludes halogenated alkanes) is 2. The molecule has 2 heterocycles. The van der Waals surface area contributed by atoms with Crippen molar-refractivity contribution in [3.8, 4) is 5.75 Å². The Morgan fingerprint density at radius 1 is 0.515 bits per heavy atom. The average molecular weight is 1900 g/mol. The first kappa shape index (κ1) is 111. The molecule has 3 aromatic carbocycles. The third kappa shape index (κ3) is 38.1. The number of phosphoric ester groups is 1. The summed E-state index contributed by atoms with van der Waals surface area (Å²) in [4.78, 5) is 288. The lowest BCUT2D eigenvalue weighted by Gasteiger charge is -2.31. The number of phosphoric acid groups is 1. The van der Waals surface area contributed by atoms with Crippen LogP contribution >= 0.6 is 7.82 Å². The molecule has 1 fully saturated rings. The molecule has 16 amide bonds. The van der Waals surface area contributed by atoms with Crippen LogP contribution in [0.1, 0.15) is 165 Å².